The zero-order valence-electron chi connectivity index (χ0n) is 12.9. The number of aromatic nitrogens is 1. The number of aliphatic carboxylic acids is 1. The number of hydrogen-bond donors (Lipinski definition) is 2. The molecule has 0 bridgehead atoms. The maximum absolute atomic E-state index is 12.2. The molecule has 0 aliphatic carbocycles. The Morgan fingerprint density at radius 2 is 1.96 bits per heavy atom. The lowest BCUT2D eigenvalue weighted by Crippen LogP contribution is -2.43. The monoisotopic (exact) mass is 370 g/mol. The molecule has 1 rings (SSSR count). The highest BCUT2D eigenvalue weighted by molar-refractivity contribution is 7.89. The smallest absolute Gasteiger partial charge is 0.422 e. The van der Waals surface area contributed by atoms with Gasteiger partial charge in [-0.25, -0.2) is 18.1 Å². The van der Waals surface area contributed by atoms with E-state index in [2.05, 4.69) is 14.4 Å². The van der Waals surface area contributed by atoms with E-state index >= 15 is 0 Å². The first kappa shape index (κ1) is 20.2. The second kappa shape index (κ2) is 7.34. The zero-order valence-corrected chi connectivity index (χ0v) is 13.7. The molecule has 0 aromatic carbocycles. The highest BCUT2D eigenvalue weighted by Gasteiger charge is 2.29. The standard InChI is InChI=1S/C13H17F3N2O5S/c1-12(2,6-5-11(19)20)18-24(21,22)9-3-4-10(17-7-9)23-8-13(14,15)16/h3-4,7,18H,5-6,8H2,1-2H3,(H,19,20). The van der Waals surface area contributed by atoms with E-state index in [1.807, 2.05) is 0 Å². The van der Waals surface area contributed by atoms with Crippen LogP contribution in [0.4, 0.5) is 13.2 Å². The van der Waals surface area contributed by atoms with Crippen molar-refractivity contribution < 1.29 is 36.2 Å². The Hall–Kier alpha value is -1.88. The molecular formula is C13H17F3N2O5S. The fourth-order valence-electron chi connectivity index (χ4n) is 1.66. The Morgan fingerprint density at radius 3 is 2.42 bits per heavy atom. The van der Waals surface area contributed by atoms with Gasteiger partial charge < -0.3 is 9.84 Å². The Morgan fingerprint density at radius 1 is 1.33 bits per heavy atom. The van der Waals surface area contributed by atoms with Gasteiger partial charge in [0.05, 0.1) is 6.20 Å². The third-order valence-electron chi connectivity index (χ3n) is 2.78. The number of sulfonamides is 1. The van der Waals surface area contributed by atoms with Gasteiger partial charge in [-0.1, -0.05) is 0 Å². The van der Waals surface area contributed by atoms with Crippen LogP contribution in [0.15, 0.2) is 23.2 Å². The SMILES string of the molecule is CC(C)(CCC(=O)O)NS(=O)(=O)c1ccc(OCC(F)(F)F)nc1. The van der Waals surface area contributed by atoms with Gasteiger partial charge in [-0.05, 0) is 26.3 Å². The Labute approximate surface area is 136 Å². The van der Waals surface area contributed by atoms with Crippen LogP contribution in [0.25, 0.3) is 0 Å². The first-order chi connectivity index (χ1) is 10.8. The lowest BCUT2D eigenvalue weighted by molar-refractivity contribution is -0.154. The van der Waals surface area contributed by atoms with Gasteiger partial charge in [-0.15, -0.1) is 0 Å². The van der Waals surface area contributed by atoms with Gasteiger partial charge in [0.2, 0.25) is 15.9 Å². The molecule has 1 heterocycles. The summed E-state index contributed by atoms with van der Waals surface area (Å²) in [5.74, 6) is -1.42. The molecule has 1 aromatic heterocycles. The summed E-state index contributed by atoms with van der Waals surface area (Å²) in [5.41, 5.74) is -1.03. The second-order valence-corrected chi connectivity index (χ2v) is 7.30. The summed E-state index contributed by atoms with van der Waals surface area (Å²) >= 11 is 0. The minimum Gasteiger partial charge on any atom is -0.481 e. The molecule has 7 nitrogen and oxygen atoms in total. The molecule has 0 spiro atoms. The summed E-state index contributed by atoms with van der Waals surface area (Å²) in [5, 5.41) is 8.65. The van der Waals surface area contributed by atoms with Crippen molar-refractivity contribution in [3.63, 3.8) is 0 Å². The molecular weight excluding hydrogens is 353 g/mol. The van der Waals surface area contributed by atoms with Gasteiger partial charge in [-0.2, -0.15) is 13.2 Å². The molecule has 0 radical (unpaired) electrons. The summed E-state index contributed by atoms with van der Waals surface area (Å²) in [6.07, 6.45) is -3.83. The number of nitrogens with one attached hydrogen (secondary N) is 1. The van der Waals surface area contributed by atoms with Gasteiger partial charge in [0.15, 0.2) is 6.61 Å². The van der Waals surface area contributed by atoms with Crippen LogP contribution in [-0.4, -0.2) is 42.8 Å². The summed E-state index contributed by atoms with van der Waals surface area (Å²) in [4.78, 5) is 13.8. The average molecular weight is 370 g/mol. The molecule has 0 fully saturated rings. The van der Waals surface area contributed by atoms with E-state index in [0.717, 1.165) is 18.3 Å². The van der Waals surface area contributed by atoms with Crippen LogP contribution in [0, 0.1) is 0 Å². The molecule has 0 amide bonds. The van der Waals surface area contributed by atoms with E-state index in [9.17, 15) is 26.4 Å². The molecule has 0 saturated carbocycles. The maximum Gasteiger partial charge on any atom is 0.422 e. The van der Waals surface area contributed by atoms with Crippen molar-refractivity contribution in [1.29, 1.82) is 0 Å². The number of pyridine rings is 1. The maximum atomic E-state index is 12.2. The predicted molar refractivity (Wildman–Crippen MR) is 77.1 cm³/mol. The number of rotatable bonds is 8. The summed E-state index contributed by atoms with van der Waals surface area (Å²) in [6.45, 7) is 1.50. The number of halogens is 3. The molecule has 1 aromatic rings. The number of carbonyl (C=O) groups is 1. The van der Waals surface area contributed by atoms with E-state index in [1.54, 1.807) is 0 Å². The first-order valence-electron chi connectivity index (χ1n) is 6.72. The van der Waals surface area contributed by atoms with E-state index in [0.29, 0.717) is 0 Å². The van der Waals surface area contributed by atoms with Crippen LogP contribution >= 0.6 is 0 Å². The fraction of sp³-hybridized carbons (Fsp3) is 0.538. The number of ether oxygens (including phenoxy) is 1. The Kier molecular flexibility index (Phi) is 6.17. The quantitative estimate of drug-likeness (QED) is 0.725. The number of nitrogens with zero attached hydrogens (tertiary/aromatic N) is 1. The minimum atomic E-state index is -4.53. The third kappa shape index (κ3) is 7.13. The molecule has 24 heavy (non-hydrogen) atoms. The second-order valence-electron chi connectivity index (χ2n) is 5.62. The minimum absolute atomic E-state index is 0.0573. The van der Waals surface area contributed by atoms with Gasteiger partial charge >= 0.3 is 12.1 Å². The van der Waals surface area contributed by atoms with Gasteiger partial charge in [0.1, 0.15) is 4.90 Å². The van der Waals surface area contributed by atoms with Crippen molar-refractivity contribution in [2.45, 2.75) is 43.3 Å². The van der Waals surface area contributed by atoms with Crippen LogP contribution in [0.2, 0.25) is 0 Å². The highest BCUT2D eigenvalue weighted by atomic mass is 32.2. The molecule has 0 aliphatic rings. The van der Waals surface area contributed by atoms with Gasteiger partial charge in [0, 0.05) is 18.0 Å². The van der Waals surface area contributed by atoms with Crippen molar-refractivity contribution in [1.82, 2.24) is 9.71 Å². The van der Waals surface area contributed by atoms with Crippen LogP contribution in [-0.2, 0) is 14.8 Å². The average Bonchev–Trinajstić information content (AvgIpc) is 2.42. The van der Waals surface area contributed by atoms with Crippen molar-refractivity contribution in [3.05, 3.63) is 18.3 Å². The number of hydrogen-bond acceptors (Lipinski definition) is 5. The van der Waals surface area contributed by atoms with E-state index < -0.39 is 34.3 Å². The van der Waals surface area contributed by atoms with Crippen molar-refractivity contribution in [2.24, 2.45) is 0 Å². The van der Waals surface area contributed by atoms with E-state index in [4.69, 9.17) is 5.11 Å². The van der Waals surface area contributed by atoms with Crippen molar-refractivity contribution >= 4 is 16.0 Å². The van der Waals surface area contributed by atoms with Gasteiger partial charge in [0.25, 0.3) is 0 Å². The van der Waals surface area contributed by atoms with Crippen LogP contribution in [0.1, 0.15) is 26.7 Å². The number of carboxylic acids is 1. The predicted octanol–water partition coefficient (Wildman–Crippen LogP) is 1.94. The first-order valence-corrected chi connectivity index (χ1v) is 8.20. The summed E-state index contributed by atoms with van der Waals surface area (Å²) in [6, 6.07) is 2.05. The number of alkyl halides is 3. The molecule has 2 N–H and O–H groups in total. The molecule has 11 heteroatoms. The summed E-state index contributed by atoms with van der Waals surface area (Å²) < 4.78 is 67.2. The number of carboxylic acid groups (broad SMARTS) is 1. The topological polar surface area (TPSA) is 106 Å². The molecule has 136 valence electrons. The van der Waals surface area contributed by atoms with Crippen LogP contribution < -0.4 is 9.46 Å². The normalized spacial score (nSPS) is 12.9. The molecule has 0 unspecified atom stereocenters. The fourth-order valence-corrected chi connectivity index (χ4v) is 3.05. The van der Waals surface area contributed by atoms with Crippen molar-refractivity contribution in [3.8, 4) is 5.88 Å². The lowest BCUT2D eigenvalue weighted by atomic mass is 10.0. The van der Waals surface area contributed by atoms with Crippen molar-refractivity contribution in [2.75, 3.05) is 6.61 Å². The third-order valence-corrected chi connectivity index (χ3v) is 4.46. The zero-order chi connectivity index (χ0) is 18.6. The summed E-state index contributed by atoms with van der Waals surface area (Å²) in [7, 11) is -4.01. The van der Waals surface area contributed by atoms with E-state index in [-0.39, 0.29) is 23.6 Å². The van der Waals surface area contributed by atoms with E-state index in [1.165, 1.54) is 13.8 Å². The van der Waals surface area contributed by atoms with Crippen LogP contribution in [0.5, 0.6) is 5.88 Å². The Balaban J connectivity index is 2.78. The lowest BCUT2D eigenvalue weighted by Gasteiger charge is -2.25. The molecule has 0 atom stereocenters. The largest absolute Gasteiger partial charge is 0.481 e. The Bertz CT molecular complexity index is 672. The molecule has 0 saturated heterocycles. The van der Waals surface area contributed by atoms with Gasteiger partial charge in [-0.3, -0.25) is 4.79 Å². The van der Waals surface area contributed by atoms with Crippen LogP contribution in [0.3, 0.4) is 0 Å². The highest BCUT2D eigenvalue weighted by Crippen LogP contribution is 2.20. The molecule has 0 aliphatic heterocycles.